The Morgan fingerprint density at radius 3 is 2.86 bits per heavy atom. The van der Waals surface area contributed by atoms with E-state index in [1.54, 1.807) is 30.5 Å². The number of benzene rings is 1. The Bertz CT molecular complexity index is 965. The largest absolute Gasteiger partial charge is 0.462 e. The van der Waals surface area contributed by atoms with Crippen molar-refractivity contribution in [1.29, 1.82) is 0 Å². The highest BCUT2D eigenvalue weighted by Crippen LogP contribution is 2.27. The van der Waals surface area contributed by atoms with Crippen LogP contribution >= 0.6 is 34.5 Å². The molecule has 3 aromatic rings. The van der Waals surface area contributed by atoms with Gasteiger partial charge >= 0.3 is 6.01 Å². The van der Waals surface area contributed by atoms with E-state index in [1.807, 2.05) is 12.1 Å². The van der Waals surface area contributed by atoms with E-state index >= 15 is 0 Å². The lowest BCUT2D eigenvalue weighted by Gasteiger charge is -2.06. The van der Waals surface area contributed by atoms with Gasteiger partial charge in [-0.1, -0.05) is 29.3 Å². The lowest BCUT2D eigenvalue weighted by Crippen LogP contribution is -2.24. The molecule has 0 atom stereocenters. The number of nitrogens with two attached hydrogens (primary N) is 1. The number of hydrogen-bond acceptors (Lipinski definition) is 6. The van der Waals surface area contributed by atoms with Crippen molar-refractivity contribution in [2.45, 2.75) is 6.42 Å². The molecule has 28 heavy (non-hydrogen) atoms. The molecular weight excluding hydrogens is 419 g/mol. The maximum Gasteiger partial charge on any atom is 0.316 e. The number of halogens is 2. The Morgan fingerprint density at radius 1 is 1.21 bits per heavy atom. The smallest absolute Gasteiger partial charge is 0.316 e. The molecule has 3 N–H and O–H groups in total. The van der Waals surface area contributed by atoms with Crippen molar-refractivity contribution in [3.63, 3.8) is 0 Å². The van der Waals surface area contributed by atoms with E-state index in [-0.39, 0.29) is 11.9 Å². The van der Waals surface area contributed by atoms with Gasteiger partial charge in [0.05, 0.1) is 15.4 Å². The molecule has 2 heterocycles. The van der Waals surface area contributed by atoms with Gasteiger partial charge in [-0.3, -0.25) is 4.79 Å². The topological polar surface area (TPSA) is 90.1 Å². The van der Waals surface area contributed by atoms with Crippen molar-refractivity contribution in [3.05, 3.63) is 63.1 Å². The van der Waals surface area contributed by atoms with E-state index in [0.717, 1.165) is 10.4 Å². The molecule has 9 heteroatoms. The fourth-order valence-electron chi connectivity index (χ4n) is 2.42. The summed E-state index contributed by atoms with van der Waals surface area (Å²) in [6, 6.07) is 11.0. The molecular formula is C19H18Cl2N4O2S. The van der Waals surface area contributed by atoms with Crippen LogP contribution in [0.3, 0.4) is 0 Å². The minimum Gasteiger partial charge on any atom is -0.462 e. The van der Waals surface area contributed by atoms with Gasteiger partial charge in [0, 0.05) is 29.3 Å². The summed E-state index contributed by atoms with van der Waals surface area (Å²) in [5, 5.41) is 4.08. The number of amides is 1. The Morgan fingerprint density at radius 2 is 2.07 bits per heavy atom. The van der Waals surface area contributed by atoms with Crippen LogP contribution in [-0.2, 0) is 6.42 Å². The van der Waals surface area contributed by atoms with Gasteiger partial charge in [0.15, 0.2) is 0 Å². The number of carbonyl (C=O) groups is 1. The van der Waals surface area contributed by atoms with Crippen LogP contribution in [0, 0.1) is 0 Å². The molecule has 0 aliphatic heterocycles. The monoisotopic (exact) mass is 436 g/mol. The van der Waals surface area contributed by atoms with E-state index < -0.39 is 0 Å². The van der Waals surface area contributed by atoms with Crippen LogP contribution in [0.15, 0.2) is 42.6 Å². The molecule has 1 aromatic carbocycles. The molecule has 0 saturated carbocycles. The quantitative estimate of drug-likeness (QED) is 0.559. The van der Waals surface area contributed by atoms with Gasteiger partial charge in [0.1, 0.15) is 6.61 Å². The number of ether oxygens (including phenoxy) is 1. The number of nitrogens with zero attached hydrogens (tertiary/aromatic N) is 2. The second-order valence-electron chi connectivity index (χ2n) is 5.77. The molecule has 3 rings (SSSR count). The van der Waals surface area contributed by atoms with Gasteiger partial charge in [-0.05, 0) is 42.3 Å². The molecule has 0 aliphatic carbocycles. The average Bonchev–Trinajstić information content (AvgIpc) is 3.18. The third kappa shape index (κ3) is 5.42. The third-order valence-electron chi connectivity index (χ3n) is 3.76. The summed E-state index contributed by atoms with van der Waals surface area (Å²) >= 11 is 13.4. The van der Waals surface area contributed by atoms with Gasteiger partial charge in [0.2, 0.25) is 0 Å². The van der Waals surface area contributed by atoms with Gasteiger partial charge < -0.3 is 15.8 Å². The number of carbonyl (C=O) groups excluding carboxylic acids is 1. The third-order valence-corrected chi connectivity index (χ3v) is 5.45. The van der Waals surface area contributed by atoms with Crippen molar-refractivity contribution in [3.8, 4) is 16.6 Å². The Balaban J connectivity index is 1.59. The molecule has 6 nitrogen and oxygen atoms in total. The van der Waals surface area contributed by atoms with Gasteiger partial charge in [-0.15, -0.1) is 11.3 Å². The number of thiophene rings is 1. The highest BCUT2D eigenvalue weighted by atomic mass is 35.5. The summed E-state index contributed by atoms with van der Waals surface area (Å²) < 4.78 is 5.34. The van der Waals surface area contributed by atoms with E-state index in [4.69, 9.17) is 33.7 Å². The second kappa shape index (κ2) is 9.84. The predicted molar refractivity (Wildman–Crippen MR) is 112 cm³/mol. The van der Waals surface area contributed by atoms with Crippen LogP contribution in [0.5, 0.6) is 6.01 Å². The van der Waals surface area contributed by atoms with E-state index in [0.29, 0.717) is 46.7 Å². The van der Waals surface area contributed by atoms with Crippen LogP contribution < -0.4 is 15.8 Å². The lowest BCUT2D eigenvalue weighted by molar-refractivity contribution is 0.0958. The van der Waals surface area contributed by atoms with Crippen molar-refractivity contribution in [2.75, 3.05) is 19.7 Å². The normalized spacial score (nSPS) is 10.7. The Hall–Kier alpha value is -2.19. The summed E-state index contributed by atoms with van der Waals surface area (Å²) in [4.78, 5) is 22.2. The number of rotatable bonds is 8. The molecule has 1 amide bonds. The zero-order chi connectivity index (χ0) is 19.9. The van der Waals surface area contributed by atoms with Crippen LogP contribution in [0.1, 0.15) is 15.2 Å². The lowest BCUT2D eigenvalue weighted by atomic mass is 10.1. The van der Waals surface area contributed by atoms with Gasteiger partial charge in [-0.25, -0.2) is 4.98 Å². The predicted octanol–water partition coefficient (Wildman–Crippen LogP) is 3.82. The van der Waals surface area contributed by atoms with Crippen molar-refractivity contribution in [2.24, 2.45) is 5.73 Å². The number of aromatic nitrogens is 2. The summed E-state index contributed by atoms with van der Waals surface area (Å²) in [6.45, 7) is 1.20. The molecule has 146 valence electrons. The van der Waals surface area contributed by atoms with Gasteiger partial charge in [0.25, 0.3) is 5.91 Å². The fourth-order valence-corrected chi connectivity index (χ4v) is 3.81. The van der Waals surface area contributed by atoms with Crippen molar-refractivity contribution < 1.29 is 9.53 Å². The SMILES string of the molecule is NCCOc1nccc(-c2ccc(C(=O)NCCc3ccc(Cl)cc3Cl)s2)n1. The van der Waals surface area contributed by atoms with Crippen LogP contribution in [0.25, 0.3) is 10.6 Å². The zero-order valence-electron chi connectivity index (χ0n) is 14.8. The summed E-state index contributed by atoms with van der Waals surface area (Å²) in [7, 11) is 0. The van der Waals surface area contributed by atoms with Crippen molar-refractivity contribution in [1.82, 2.24) is 15.3 Å². The highest BCUT2D eigenvalue weighted by Gasteiger charge is 2.12. The van der Waals surface area contributed by atoms with E-state index in [1.165, 1.54) is 11.3 Å². The van der Waals surface area contributed by atoms with Crippen LogP contribution in [0.2, 0.25) is 10.0 Å². The molecule has 0 aliphatic rings. The van der Waals surface area contributed by atoms with E-state index in [9.17, 15) is 4.79 Å². The number of nitrogens with one attached hydrogen (secondary N) is 1. The zero-order valence-corrected chi connectivity index (χ0v) is 17.2. The molecule has 0 bridgehead atoms. The first-order chi connectivity index (χ1) is 13.6. The Kier molecular flexibility index (Phi) is 7.22. The first-order valence-electron chi connectivity index (χ1n) is 8.55. The highest BCUT2D eigenvalue weighted by molar-refractivity contribution is 7.17. The summed E-state index contributed by atoms with van der Waals surface area (Å²) in [5.41, 5.74) is 7.05. The van der Waals surface area contributed by atoms with Crippen molar-refractivity contribution >= 4 is 40.4 Å². The first-order valence-corrected chi connectivity index (χ1v) is 10.1. The molecule has 0 fully saturated rings. The summed E-state index contributed by atoms with van der Waals surface area (Å²) in [6.07, 6.45) is 2.23. The van der Waals surface area contributed by atoms with Crippen LogP contribution in [0.4, 0.5) is 0 Å². The van der Waals surface area contributed by atoms with Crippen LogP contribution in [-0.4, -0.2) is 35.6 Å². The molecule has 0 unspecified atom stereocenters. The maximum absolute atomic E-state index is 12.4. The second-order valence-corrected chi connectivity index (χ2v) is 7.69. The maximum atomic E-state index is 12.4. The first kappa shape index (κ1) is 20.5. The minimum absolute atomic E-state index is 0.144. The fraction of sp³-hybridized carbons (Fsp3) is 0.211. The van der Waals surface area contributed by atoms with Gasteiger partial charge in [-0.2, -0.15) is 4.98 Å². The minimum atomic E-state index is -0.144. The van der Waals surface area contributed by atoms with E-state index in [2.05, 4.69) is 15.3 Å². The number of hydrogen-bond donors (Lipinski definition) is 2. The molecule has 2 aromatic heterocycles. The standard InChI is InChI=1S/C19H18Cl2N4O2S/c20-13-2-1-12(14(21)11-13)5-8-23-18(26)17-4-3-16(28-17)15-6-9-24-19(25-15)27-10-7-22/h1-4,6,9,11H,5,7-8,10,22H2,(H,23,26). The Labute approximate surface area is 176 Å². The molecule has 0 radical (unpaired) electrons. The molecule has 0 saturated heterocycles. The average molecular weight is 437 g/mol. The molecule has 0 spiro atoms. The summed E-state index contributed by atoms with van der Waals surface area (Å²) in [5.74, 6) is -0.144.